The van der Waals surface area contributed by atoms with Gasteiger partial charge < -0.3 is 31.2 Å². The summed E-state index contributed by atoms with van der Waals surface area (Å²) in [5, 5.41) is 21.4. The molecule has 2 aromatic carbocycles. The van der Waals surface area contributed by atoms with Gasteiger partial charge in [-0.2, -0.15) is 0 Å². The Bertz CT molecular complexity index is 1740. The first kappa shape index (κ1) is 33.5. The molecule has 1 aliphatic rings. The van der Waals surface area contributed by atoms with E-state index in [1.807, 2.05) is 48.7 Å². The van der Waals surface area contributed by atoms with E-state index in [0.29, 0.717) is 44.8 Å². The summed E-state index contributed by atoms with van der Waals surface area (Å²) in [6, 6.07) is 26.7. The Morgan fingerprint density at radius 2 is 1.77 bits per heavy atom. The van der Waals surface area contributed by atoms with E-state index in [-0.39, 0.29) is 11.8 Å². The van der Waals surface area contributed by atoms with Crippen molar-refractivity contribution in [2.75, 3.05) is 6.54 Å². The molecule has 1 unspecified atom stereocenters. The van der Waals surface area contributed by atoms with Crippen LogP contribution in [0.3, 0.4) is 0 Å². The van der Waals surface area contributed by atoms with Crippen molar-refractivity contribution in [2.24, 2.45) is 5.73 Å². The largest absolute Gasteiger partial charge is 0.480 e. The number of aryl methyl sites for hydroxylation is 1. The van der Waals surface area contributed by atoms with Crippen LogP contribution in [0.25, 0.3) is 10.8 Å². The van der Waals surface area contributed by atoms with E-state index in [2.05, 4.69) is 56.3 Å². The fourth-order valence-corrected chi connectivity index (χ4v) is 5.76. The maximum Gasteiger partial charge on any atom is 0.326 e. The summed E-state index contributed by atoms with van der Waals surface area (Å²) in [6.07, 6.45) is 7.63. The van der Waals surface area contributed by atoms with Gasteiger partial charge in [-0.05, 0) is 90.9 Å². The number of aromatic nitrogens is 2. The molecule has 0 saturated carbocycles. The average Bonchev–Trinajstić information content (AvgIpc) is 3.59. The lowest BCUT2D eigenvalue weighted by molar-refractivity contribution is -0.139. The fourth-order valence-electron chi connectivity index (χ4n) is 5.76. The fraction of sp³-hybridized carbons (Fsp3) is 0.297. The molecule has 3 aromatic heterocycles. The number of fused-ring (bicyclic) bond motifs is 2. The number of hydrogen-bond acceptors (Lipinski definition) is 8. The molecule has 0 saturated heterocycles. The van der Waals surface area contributed by atoms with Crippen LogP contribution in [0.15, 0.2) is 102 Å². The van der Waals surface area contributed by atoms with E-state index < -0.39 is 17.9 Å². The van der Waals surface area contributed by atoms with E-state index in [9.17, 15) is 14.7 Å². The number of carbonyl (C=O) groups excluding carboxylic acids is 1. The molecule has 47 heavy (non-hydrogen) atoms. The molecule has 0 spiro atoms. The number of furan rings is 1. The Labute approximate surface area is 274 Å². The van der Waals surface area contributed by atoms with Gasteiger partial charge in [-0.25, -0.2) is 4.79 Å². The monoisotopic (exact) mass is 634 g/mol. The minimum Gasteiger partial charge on any atom is -0.480 e. The molecule has 1 aliphatic carbocycles. The lowest BCUT2D eigenvalue weighted by Gasteiger charge is -2.25. The van der Waals surface area contributed by atoms with Crippen molar-refractivity contribution < 1.29 is 19.1 Å². The minimum absolute atomic E-state index is 0.0916. The number of hydrogen-bond donors (Lipinski definition) is 5. The minimum atomic E-state index is -1.06. The Morgan fingerprint density at radius 1 is 0.936 bits per heavy atom. The Hall–Kier alpha value is -4.90. The van der Waals surface area contributed by atoms with Crippen LogP contribution >= 0.6 is 0 Å². The number of carboxylic acids is 1. The highest BCUT2D eigenvalue weighted by Crippen LogP contribution is 2.27. The highest BCUT2D eigenvalue weighted by atomic mass is 16.4. The Morgan fingerprint density at radius 3 is 2.60 bits per heavy atom. The van der Waals surface area contributed by atoms with Crippen molar-refractivity contribution in [3.8, 4) is 0 Å². The zero-order valence-electron chi connectivity index (χ0n) is 26.4. The van der Waals surface area contributed by atoms with Gasteiger partial charge in [0.1, 0.15) is 11.8 Å². The maximum atomic E-state index is 12.6. The third-order valence-corrected chi connectivity index (χ3v) is 8.18. The molecule has 0 fully saturated rings. The summed E-state index contributed by atoms with van der Waals surface area (Å²) in [5.41, 5.74) is 10.1. The van der Waals surface area contributed by atoms with E-state index in [1.54, 1.807) is 18.3 Å². The molecule has 244 valence electrons. The molecule has 2 atom stereocenters. The topological polar surface area (TPSA) is 155 Å². The van der Waals surface area contributed by atoms with Crippen molar-refractivity contribution in [3.63, 3.8) is 0 Å². The number of carboxylic acid groups (broad SMARTS) is 1. The van der Waals surface area contributed by atoms with Gasteiger partial charge in [0.25, 0.3) is 5.91 Å². The van der Waals surface area contributed by atoms with Crippen molar-refractivity contribution in [2.45, 2.75) is 63.8 Å². The normalized spacial score (nSPS) is 14.4. The highest BCUT2D eigenvalue weighted by molar-refractivity contribution is 5.94. The van der Waals surface area contributed by atoms with E-state index in [4.69, 9.17) is 10.2 Å². The summed E-state index contributed by atoms with van der Waals surface area (Å²) < 4.78 is 5.60. The molecule has 10 heteroatoms. The second kappa shape index (κ2) is 17.1. The van der Waals surface area contributed by atoms with Crippen LogP contribution in [0.2, 0.25) is 0 Å². The van der Waals surface area contributed by atoms with Gasteiger partial charge in [-0.1, -0.05) is 54.6 Å². The summed E-state index contributed by atoms with van der Waals surface area (Å²) in [5.74, 6) is -0.920. The molecule has 6 N–H and O–H groups in total. The number of aliphatic carboxylic acids is 1. The van der Waals surface area contributed by atoms with E-state index in [0.717, 1.165) is 30.7 Å². The third kappa shape index (κ3) is 9.55. The molecule has 6 rings (SSSR count). The van der Waals surface area contributed by atoms with Crippen LogP contribution in [-0.4, -0.2) is 39.5 Å². The molecule has 10 nitrogen and oxygen atoms in total. The van der Waals surface area contributed by atoms with Crippen LogP contribution in [0, 0.1) is 0 Å². The van der Waals surface area contributed by atoms with Crippen LogP contribution in [-0.2, 0) is 30.8 Å². The molecule has 5 aromatic rings. The predicted molar refractivity (Wildman–Crippen MR) is 181 cm³/mol. The maximum absolute atomic E-state index is 12.6. The van der Waals surface area contributed by atoms with Gasteiger partial charge in [0, 0.05) is 31.5 Å². The zero-order valence-corrected chi connectivity index (χ0v) is 26.4. The number of nitrogens with one attached hydrogen (secondary N) is 3. The first-order valence-corrected chi connectivity index (χ1v) is 16.1. The van der Waals surface area contributed by atoms with Crippen molar-refractivity contribution in [1.29, 1.82) is 0 Å². The van der Waals surface area contributed by atoms with E-state index >= 15 is 0 Å². The van der Waals surface area contributed by atoms with Gasteiger partial charge in [-0.15, -0.1) is 0 Å². The molecule has 0 radical (unpaired) electrons. The first-order valence-electron chi connectivity index (χ1n) is 16.1. The summed E-state index contributed by atoms with van der Waals surface area (Å²) in [6.45, 7) is 2.26. The van der Waals surface area contributed by atoms with Crippen LogP contribution in [0.1, 0.15) is 70.6 Å². The summed E-state index contributed by atoms with van der Waals surface area (Å²) >= 11 is 0. The highest BCUT2D eigenvalue weighted by Gasteiger charge is 2.24. The number of nitrogens with two attached hydrogens (primary N) is 1. The lowest BCUT2D eigenvalue weighted by Crippen LogP contribution is -2.41. The standard InChI is InChI=1S/C26H31N5O4.C11H11N/c32-25(23-12-11-20(35-23)17-27-16-19-8-1-2-13-28-19)31-22(26(33)34)10-5-14-29-21-9-3-6-18-7-4-15-30-24(18)21;12-8-10-6-3-5-9-4-1-2-7-11(9)10/h1-2,4,7-8,11-13,15,21-22,27,29H,3,5-6,9-10,14,16-17H2,(H,31,32)(H,33,34);1-7H,8,12H2/t21?,22-;/m0./s1. The van der Waals surface area contributed by atoms with Gasteiger partial charge in [0.15, 0.2) is 5.76 Å². The van der Waals surface area contributed by atoms with Gasteiger partial charge in [0.05, 0.1) is 17.9 Å². The molecule has 3 heterocycles. The first-order chi connectivity index (χ1) is 23.0. The Balaban J connectivity index is 0.000000301. The number of benzene rings is 2. The summed E-state index contributed by atoms with van der Waals surface area (Å²) in [7, 11) is 0. The number of rotatable bonds is 13. The number of carbonyl (C=O) groups is 2. The number of nitrogens with zero attached hydrogens (tertiary/aromatic N) is 2. The van der Waals surface area contributed by atoms with Crippen LogP contribution in [0.5, 0.6) is 0 Å². The second-order valence-corrected chi connectivity index (χ2v) is 11.5. The molecule has 0 bridgehead atoms. The van der Waals surface area contributed by atoms with Crippen LogP contribution < -0.4 is 21.7 Å². The van der Waals surface area contributed by atoms with Crippen molar-refractivity contribution in [1.82, 2.24) is 25.9 Å². The van der Waals surface area contributed by atoms with Crippen LogP contribution in [0.4, 0.5) is 0 Å². The molecule has 1 amide bonds. The van der Waals surface area contributed by atoms with Crippen molar-refractivity contribution in [3.05, 3.63) is 131 Å². The lowest BCUT2D eigenvalue weighted by atomic mass is 9.92. The number of amides is 1. The molecular formula is C37H42N6O4. The van der Waals surface area contributed by atoms with E-state index in [1.165, 1.54) is 21.9 Å². The average molecular weight is 635 g/mol. The number of pyridine rings is 2. The third-order valence-electron chi connectivity index (χ3n) is 8.18. The molecule has 0 aliphatic heterocycles. The SMILES string of the molecule is NCc1cccc2ccccc12.O=C(N[C@@H](CCCNC1CCCc2cccnc21)C(=O)O)c1ccc(CNCc2ccccn2)o1. The second-order valence-electron chi connectivity index (χ2n) is 11.5. The van der Waals surface area contributed by atoms with Gasteiger partial charge in [-0.3, -0.25) is 14.8 Å². The molecular weight excluding hydrogens is 592 g/mol. The van der Waals surface area contributed by atoms with Gasteiger partial charge in [0.2, 0.25) is 0 Å². The van der Waals surface area contributed by atoms with Crippen molar-refractivity contribution >= 4 is 22.6 Å². The Kier molecular flexibility index (Phi) is 12.2. The quantitative estimate of drug-likeness (QED) is 0.109. The predicted octanol–water partition coefficient (Wildman–Crippen LogP) is 5.29. The zero-order chi connectivity index (χ0) is 32.8. The van der Waals surface area contributed by atoms with Gasteiger partial charge >= 0.3 is 5.97 Å². The smallest absolute Gasteiger partial charge is 0.326 e. The summed E-state index contributed by atoms with van der Waals surface area (Å²) in [4.78, 5) is 33.0.